The molecule has 1 amide bonds. The molecule has 5 heteroatoms. The minimum Gasteiger partial charge on any atom is -0.396 e. The molecule has 0 radical (unpaired) electrons. The van der Waals surface area contributed by atoms with Gasteiger partial charge < -0.3 is 15.3 Å². The summed E-state index contributed by atoms with van der Waals surface area (Å²) in [5, 5.41) is 13.9. The second-order valence-electron chi connectivity index (χ2n) is 9.80. The lowest BCUT2D eigenvalue weighted by Gasteiger charge is -2.33. The molecule has 5 nitrogen and oxygen atoms in total. The van der Waals surface area contributed by atoms with Crippen LogP contribution in [-0.2, 0) is 12.8 Å². The third-order valence-corrected chi connectivity index (χ3v) is 7.42. The van der Waals surface area contributed by atoms with E-state index in [-0.39, 0.29) is 18.4 Å². The third-order valence-electron chi connectivity index (χ3n) is 7.42. The number of benzene rings is 1. The maximum Gasteiger partial charge on any atom is 0.253 e. The number of aromatic nitrogens is 1. The summed E-state index contributed by atoms with van der Waals surface area (Å²) in [5.41, 5.74) is 2.95. The van der Waals surface area contributed by atoms with Crippen molar-refractivity contribution < 1.29 is 9.90 Å². The van der Waals surface area contributed by atoms with E-state index in [0.717, 1.165) is 36.9 Å². The Bertz CT molecular complexity index is 986. The molecule has 1 aromatic carbocycles. The molecule has 1 fully saturated rings. The van der Waals surface area contributed by atoms with Crippen LogP contribution >= 0.6 is 0 Å². The molecule has 34 heavy (non-hydrogen) atoms. The van der Waals surface area contributed by atoms with Crippen molar-refractivity contribution in [3.05, 3.63) is 89.8 Å². The number of pyridine rings is 1. The Labute approximate surface area is 203 Å². The van der Waals surface area contributed by atoms with Crippen LogP contribution in [0.5, 0.6) is 0 Å². The highest BCUT2D eigenvalue weighted by Crippen LogP contribution is 2.33. The maximum atomic E-state index is 12.8. The SMILES string of the molecule is CC1C=CC=CC1C(CO)C1CCC(Cc2ccc(C(=O)N(C)CCc3ccccn3)cc2)N1. The number of aliphatic hydroxyl groups excluding tert-OH is 1. The molecular weight excluding hydrogens is 422 g/mol. The Balaban J connectivity index is 1.28. The van der Waals surface area contributed by atoms with Crippen LogP contribution in [0.15, 0.2) is 73.0 Å². The van der Waals surface area contributed by atoms with Crippen LogP contribution < -0.4 is 5.32 Å². The topological polar surface area (TPSA) is 65.5 Å². The van der Waals surface area contributed by atoms with E-state index in [1.807, 2.05) is 37.4 Å². The number of aliphatic hydroxyl groups is 1. The Morgan fingerprint density at radius 3 is 2.65 bits per heavy atom. The van der Waals surface area contributed by atoms with Crippen molar-refractivity contribution in [1.29, 1.82) is 0 Å². The maximum absolute atomic E-state index is 12.8. The molecule has 1 aliphatic carbocycles. The molecule has 5 atom stereocenters. The number of carbonyl (C=O) groups is 1. The molecule has 2 aliphatic rings. The van der Waals surface area contributed by atoms with E-state index in [2.05, 4.69) is 53.7 Å². The van der Waals surface area contributed by atoms with Gasteiger partial charge in [-0.3, -0.25) is 9.78 Å². The van der Waals surface area contributed by atoms with Crippen LogP contribution in [0.4, 0.5) is 0 Å². The summed E-state index contributed by atoms with van der Waals surface area (Å²) >= 11 is 0. The van der Waals surface area contributed by atoms with Crippen LogP contribution in [0.1, 0.15) is 41.4 Å². The number of likely N-dealkylation sites (N-methyl/N-ethyl adjacent to an activating group) is 1. The van der Waals surface area contributed by atoms with E-state index in [1.165, 1.54) is 5.56 Å². The summed E-state index contributed by atoms with van der Waals surface area (Å²) < 4.78 is 0. The summed E-state index contributed by atoms with van der Waals surface area (Å²) in [6, 6.07) is 14.6. The van der Waals surface area contributed by atoms with Gasteiger partial charge in [0.25, 0.3) is 5.91 Å². The van der Waals surface area contributed by atoms with Gasteiger partial charge in [0, 0.05) is 62.1 Å². The van der Waals surface area contributed by atoms with Gasteiger partial charge in [-0.2, -0.15) is 0 Å². The standard InChI is InChI=1S/C29H37N3O2/c1-21-7-3-4-9-26(21)27(20-33)28-15-14-25(31-28)19-22-10-12-23(13-11-22)29(34)32(2)18-16-24-8-5-6-17-30-24/h3-13,17,21,25-28,31,33H,14-16,18-20H2,1-2H3. The number of rotatable bonds is 9. The minimum atomic E-state index is 0.0380. The Morgan fingerprint density at radius 2 is 1.94 bits per heavy atom. The first-order valence-corrected chi connectivity index (χ1v) is 12.5. The van der Waals surface area contributed by atoms with Gasteiger partial charge in [0.05, 0.1) is 0 Å². The summed E-state index contributed by atoms with van der Waals surface area (Å²) in [6.45, 7) is 3.09. The van der Waals surface area contributed by atoms with Crippen molar-refractivity contribution >= 4 is 5.91 Å². The highest BCUT2D eigenvalue weighted by atomic mass is 16.3. The second kappa shape index (κ2) is 11.6. The first-order chi connectivity index (χ1) is 16.5. The largest absolute Gasteiger partial charge is 0.396 e. The normalized spacial score (nSPS) is 24.8. The fourth-order valence-electron chi connectivity index (χ4n) is 5.35. The Kier molecular flexibility index (Phi) is 8.30. The van der Waals surface area contributed by atoms with Crippen molar-refractivity contribution in [2.24, 2.45) is 17.8 Å². The van der Waals surface area contributed by atoms with Crippen molar-refractivity contribution in [2.75, 3.05) is 20.2 Å². The number of carbonyl (C=O) groups excluding carboxylic acids is 1. The molecule has 1 aliphatic heterocycles. The summed E-state index contributed by atoms with van der Waals surface area (Å²) in [7, 11) is 1.84. The molecular formula is C29H37N3O2. The van der Waals surface area contributed by atoms with E-state index < -0.39 is 0 Å². The van der Waals surface area contributed by atoms with Crippen molar-refractivity contribution in [1.82, 2.24) is 15.2 Å². The molecule has 0 bridgehead atoms. The van der Waals surface area contributed by atoms with Crippen LogP contribution in [0.25, 0.3) is 0 Å². The first kappa shape index (κ1) is 24.4. The van der Waals surface area contributed by atoms with Gasteiger partial charge in [0.2, 0.25) is 0 Å². The molecule has 5 unspecified atom stereocenters. The zero-order valence-corrected chi connectivity index (χ0v) is 20.3. The highest BCUT2D eigenvalue weighted by molar-refractivity contribution is 5.94. The average molecular weight is 460 g/mol. The lowest BCUT2D eigenvalue weighted by atomic mass is 9.76. The van der Waals surface area contributed by atoms with Crippen molar-refractivity contribution in [3.63, 3.8) is 0 Å². The zero-order chi connectivity index (χ0) is 23.9. The Morgan fingerprint density at radius 1 is 1.15 bits per heavy atom. The van der Waals surface area contributed by atoms with Gasteiger partial charge in [-0.1, -0.05) is 49.4 Å². The number of hydrogen-bond acceptors (Lipinski definition) is 4. The number of nitrogens with zero attached hydrogens (tertiary/aromatic N) is 2. The molecule has 180 valence electrons. The quantitative estimate of drug-likeness (QED) is 0.594. The van der Waals surface area contributed by atoms with E-state index in [0.29, 0.717) is 30.5 Å². The third kappa shape index (κ3) is 6.02. The lowest BCUT2D eigenvalue weighted by molar-refractivity contribution is 0.0796. The van der Waals surface area contributed by atoms with Crippen LogP contribution in [-0.4, -0.2) is 53.2 Å². The summed E-state index contributed by atoms with van der Waals surface area (Å²) in [6.07, 6.45) is 14.4. The molecule has 0 saturated carbocycles. The van der Waals surface area contributed by atoms with E-state index in [9.17, 15) is 9.90 Å². The predicted molar refractivity (Wildman–Crippen MR) is 137 cm³/mol. The molecule has 4 rings (SSSR count). The van der Waals surface area contributed by atoms with Gasteiger partial charge in [-0.05, 0) is 60.9 Å². The fraction of sp³-hybridized carbons (Fsp3) is 0.448. The molecule has 2 aromatic rings. The van der Waals surface area contributed by atoms with Crippen LogP contribution in [0.3, 0.4) is 0 Å². The summed E-state index contributed by atoms with van der Waals surface area (Å²) in [4.78, 5) is 18.9. The van der Waals surface area contributed by atoms with Crippen LogP contribution in [0, 0.1) is 17.8 Å². The van der Waals surface area contributed by atoms with Gasteiger partial charge >= 0.3 is 0 Å². The van der Waals surface area contributed by atoms with Gasteiger partial charge in [-0.15, -0.1) is 0 Å². The highest BCUT2D eigenvalue weighted by Gasteiger charge is 2.35. The number of allylic oxidation sites excluding steroid dienone is 4. The fourth-order valence-corrected chi connectivity index (χ4v) is 5.35. The van der Waals surface area contributed by atoms with E-state index in [1.54, 1.807) is 11.1 Å². The van der Waals surface area contributed by atoms with E-state index >= 15 is 0 Å². The van der Waals surface area contributed by atoms with E-state index in [4.69, 9.17) is 0 Å². The molecule has 2 N–H and O–H groups in total. The number of nitrogens with one attached hydrogen (secondary N) is 1. The van der Waals surface area contributed by atoms with Gasteiger partial charge in [0.1, 0.15) is 0 Å². The lowest BCUT2D eigenvalue weighted by Crippen LogP contribution is -2.42. The Hall–Kier alpha value is -2.76. The predicted octanol–water partition coefficient (Wildman–Crippen LogP) is 4.05. The molecule has 2 heterocycles. The van der Waals surface area contributed by atoms with Crippen LogP contribution in [0.2, 0.25) is 0 Å². The minimum absolute atomic E-state index is 0.0380. The molecule has 1 aromatic heterocycles. The second-order valence-corrected chi connectivity index (χ2v) is 9.80. The van der Waals surface area contributed by atoms with Gasteiger partial charge in [0.15, 0.2) is 0 Å². The van der Waals surface area contributed by atoms with Crippen molar-refractivity contribution in [3.8, 4) is 0 Å². The zero-order valence-electron chi connectivity index (χ0n) is 20.3. The van der Waals surface area contributed by atoms with Gasteiger partial charge in [-0.25, -0.2) is 0 Å². The monoisotopic (exact) mass is 459 g/mol. The smallest absolute Gasteiger partial charge is 0.253 e. The summed E-state index contributed by atoms with van der Waals surface area (Å²) in [5.74, 6) is 1.11. The average Bonchev–Trinajstić information content (AvgIpc) is 3.33. The number of amides is 1. The molecule has 1 saturated heterocycles. The van der Waals surface area contributed by atoms with Crippen molar-refractivity contribution in [2.45, 2.75) is 44.7 Å². The number of hydrogen-bond donors (Lipinski definition) is 2. The first-order valence-electron chi connectivity index (χ1n) is 12.5. The molecule has 0 spiro atoms.